The summed E-state index contributed by atoms with van der Waals surface area (Å²) < 4.78 is 21.0. The van der Waals surface area contributed by atoms with Gasteiger partial charge in [-0.05, 0) is 67.0 Å². The molecule has 0 aliphatic heterocycles. The van der Waals surface area contributed by atoms with Crippen LogP contribution in [0.4, 0.5) is 0 Å². The van der Waals surface area contributed by atoms with E-state index in [0.717, 1.165) is 17.5 Å². The molecule has 206 valence electrons. The monoisotopic (exact) mass is 522 g/mol. The molecular weight excluding hydrogens is 484 g/mol. The number of phenols is 1. The molecule has 10 heteroatoms. The molecule has 10 nitrogen and oxygen atoms in total. The molecule has 5 N–H and O–H groups in total. The molecule has 0 saturated heterocycles. The minimum atomic E-state index is -1.88. The molecule has 37 heavy (non-hydrogen) atoms. The Hall–Kier alpha value is -3.05. The van der Waals surface area contributed by atoms with Gasteiger partial charge in [-0.15, -0.1) is 0 Å². The average Bonchev–Trinajstić information content (AvgIpc) is 2.86. The topological polar surface area (TPSA) is 155 Å². The molecule has 0 aromatic heterocycles. The number of hydrogen-bond donors (Lipinski definition) is 5. The molecular formula is C27H38O10. The zero-order valence-corrected chi connectivity index (χ0v) is 21.8. The normalized spacial score (nSPS) is 16.2. The third kappa shape index (κ3) is 8.50. The molecule has 0 amide bonds. The van der Waals surface area contributed by atoms with Crippen molar-refractivity contribution < 1.29 is 49.3 Å². The van der Waals surface area contributed by atoms with Crippen LogP contribution in [0, 0.1) is 11.8 Å². The van der Waals surface area contributed by atoms with Crippen molar-refractivity contribution >= 4 is 5.97 Å². The van der Waals surface area contributed by atoms with E-state index in [0.29, 0.717) is 29.8 Å². The Morgan fingerprint density at radius 2 is 1.35 bits per heavy atom. The van der Waals surface area contributed by atoms with Gasteiger partial charge < -0.3 is 44.5 Å². The van der Waals surface area contributed by atoms with Crippen LogP contribution in [0.5, 0.6) is 23.0 Å². The van der Waals surface area contributed by atoms with Crippen LogP contribution in [0.3, 0.4) is 0 Å². The van der Waals surface area contributed by atoms with Crippen molar-refractivity contribution in [1.29, 1.82) is 0 Å². The highest BCUT2D eigenvalue weighted by molar-refractivity contribution is 5.73. The maximum atomic E-state index is 11.4. The number of ether oxygens (including phenoxy) is 4. The number of aromatic hydroxyl groups is 1. The van der Waals surface area contributed by atoms with Crippen molar-refractivity contribution in [3.05, 3.63) is 47.5 Å². The standard InChI is InChI=1S/C27H38O10/c1-15(16(2)11-19-7-9-22(34-4)23(13-19)35-5)10-18-6-8-21(20(29)12-18)36-14-37-26(27(32)33)25(31)24(30)17(3)28/h6-9,12-13,15-17,24-26,28-31H,10-11,14H2,1-5H3,(H,32,33). The van der Waals surface area contributed by atoms with Crippen molar-refractivity contribution in [3.8, 4) is 23.0 Å². The molecule has 0 bridgehead atoms. The lowest BCUT2D eigenvalue weighted by molar-refractivity contribution is -0.179. The Bertz CT molecular complexity index is 1010. The quantitative estimate of drug-likeness (QED) is 0.220. The van der Waals surface area contributed by atoms with Gasteiger partial charge in [0.25, 0.3) is 0 Å². The van der Waals surface area contributed by atoms with Crippen molar-refractivity contribution in [1.82, 2.24) is 0 Å². The smallest absolute Gasteiger partial charge is 0.335 e. The summed E-state index contributed by atoms with van der Waals surface area (Å²) in [6, 6.07) is 10.8. The number of carbonyl (C=O) groups is 1. The van der Waals surface area contributed by atoms with Crippen molar-refractivity contribution in [3.63, 3.8) is 0 Å². The minimum Gasteiger partial charge on any atom is -0.504 e. The lowest BCUT2D eigenvalue weighted by Crippen LogP contribution is -2.48. The van der Waals surface area contributed by atoms with Crippen LogP contribution in [-0.4, -0.2) is 76.9 Å². The van der Waals surface area contributed by atoms with Crippen LogP contribution >= 0.6 is 0 Å². The molecule has 0 aliphatic rings. The van der Waals surface area contributed by atoms with E-state index in [1.807, 2.05) is 18.2 Å². The van der Waals surface area contributed by atoms with E-state index in [1.165, 1.54) is 6.92 Å². The zero-order valence-electron chi connectivity index (χ0n) is 21.8. The van der Waals surface area contributed by atoms with Gasteiger partial charge in [0.05, 0.1) is 20.3 Å². The molecule has 0 radical (unpaired) electrons. The lowest BCUT2D eigenvalue weighted by atomic mass is 9.85. The van der Waals surface area contributed by atoms with Crippen LogP contribution in [0.1, 0.15) is 31.9 Å². The summed E-state index contributed by atoms with van der Waals surface area (Å²) in [5.74, 6) is 0.393. The van der Waals surface area contributed by atoms with E-state index in [1.54, 1.807) is 32.4 Å². The zero-order chi connectivity index (χ0) is 27.7. The Kier molecular flexibility index (Phi) is 11.4. The van der Waals surface area contributed by atoms with E-state index >= 15 is 0 Å². The maximum absolute atomic E-state index is 11.4. The molecule has 6 atom stereocenters. The number of hydrogen-bond acceptors (Lipinski definition) is 9. The third-order valence-corrected chi connectivity index (χ3v) is 6.42. The molecule has 2 rings (SSSR count). The predicted molar refractivity (Wildman–Crippen MR) is 135 cm³/mol. The first-order valence-electron chi connectivity index (χ1n) is 12.0. The summed E-state index contributed by atoms with van der Waals surface area (Å²) in [5.41, 5.74) is 2.03. The van der Waals surface area contributed by atoms with Crippen LogP contribution in [0.2, 0.25) is 0 Å². The number of aliphatic carboxylic acids is 1. The number of benzene rings is 2. The number of phenolic OH excluding ortho intramolecular Hbond substituents is 1. The van der Waals surface area contributed by atoms with Gasteiger partial charge in [-0.2, -0.15) is 0 Å². The largest absolute Gasteiger partial charge is 0.504 e. The Morgan fingerprint density at radius 1 is 0.811 bits per heavy atom. The molecule has 0 fully saturated rings. The van der Waals surface area contributed by atoms with Gasteiger partial charge in [-0.1, -0.05) is 26.0 Å². The van der Waals surface area contributed by atoms with E-state index in [4.69, 9.17) is 18.9 Å². The first-order valence-corrected chi connectivity index (χ1v) is 12.0. The van der Waals surface area contributed by atoms with Gasteiger partial charge in [0.15, 0.2) is 35.9 Å². The van der Waals surface area contributed by atoms with Crippen molar-refractivity contribution in [2.75, 3.05) is 21.0 Å². The number of methoxy groups -OCH3 is 2. The first-order chi connectivity index (χ1) is 17.5. The maximum Gasteiger partial charge on any atom is 0.335 e. The Labute approximate surface area is 217 Å². The van der Waals surface area contributed by atoms with Crippen LogP contribution < -0.4 is 14.2 Å². The van der Waals surface area contributed by atoms with E-state index in [9.17, 15) is 30.3 Å². The first kappa shape index (κ1) is 30.2. The Balaban J connectivity index is 1.94. The van der Waals surface area contributed by atoms with Crippen LogP contribution in [0.25, 0.3) is 0 Å². The summed E-state index contributed by atoms with van der Waals surface area (Å²) in [6.07, 6.45) is -5.24. The van der Waals surface area contributed by atoms with Gasteiger partial charge in [-0.25, -0.2) is 4.79 Å². The third-order valence-electron chi connectivity index (χ3n) is 6.42. The summed E-state index contributed by atoms with van der Waals surface area (Å²) in [4.78, 5) is 11.4. The van der Waals surface area contributed by atoms with Crippen molar-refractivity contribution in [2.45, 2.75) is 58.0 Å². The molecule has 2 aromatic rings. The predicted octanol–water partition coefficient (Wildman–Crippen LogP) is 2.38. The van der Waals surface area contributed by atoms with E-state index in [2.05, 4.69) is 13.8 Å². The highest BCUT2D eigenvalue weighted by atomic mass is 16.7. The number of carboxylic acid groups (broad SMARTS) is 1. The van der Waals surface area contributed by atoms with Gasteiger partial charge >= 0.3 is 5.97 Å². The van der Waals surface area contributed by atoms with Gasteiger partial charge in [0, 0.05) is 0 Å². The molecule has 0 spiro atoms. The Morgan fingerprint density at radius 3 is 1.84 bits per heavy atom. The fraction of sp³-hybridized carbons (Fsp3) is 0.519. The number of aliphatic hydroxyl groups is 3. The molecule has 0 aliphatic carbocycles. The summed E-state index contributed by atoms with van der Waals surface area (Å²) in [6.45, 7) is 4.91. The molecule has 0 saturated carbocycles. The molecule has 2 aromatic carbocycles. The van der Waals surface area contributed by atoms with Gasteiger partial charge in [0.2, 0.25) is 0 Å². The van der Waals surface area contributed by atoms with Crippen LogP contribution in [-0.2, 0) is 22.4 Å². The van der Waals surface area contributed by atoms with Gasteiger partial charge in [-0.3, -0.25) is 0 Å². The fourth-order valence-electron chi connectivity index (χ4n) is 3.92. The summed E-state index contributed by atoms with van der Waals surface area (Å²) in [5, 5.41) is 48.6. The van der Waals surface area contributed by atoms with E-state index < -0.39 is 37.2 Å². The van der Waals surface area contributed by atoms with Crippen LogP contribution in [0.15, 0.2) is 36.4 Å². The molecule has 6 unspecified atom stereocenters. The number of aliphatic hydroxyl groups excluding tert-OH is 3. The summed E-state index contributed by atoms with van der Waals surface area (Å²) in [7, 11) is 3.21. The highest BCUT2D eigenvalue weighted by Crippen LogP contribution is 2.32. The number of carboxylic acids is 1. The second-order valence-electron chi connectivity index (χ2n) is 9.26. The van der Waals surface area contributed by atoms with Crippen molar-refractivity contribution in [2.24, 2.45) is 11.8 Å². The number of rotatable bonds is 15. The lowest BCUT2D eigenvalue weighted by Gasteiger charge is -2.25. The van der Waals surface area contributed by atoms with E-state index in [-0.39, 0.29) is 11.5 Å². The fourth-order valence-corrected chi connectivity index (χ4v) is 3.92. The average molecular weight is 523 g/mol. The minimum absolute atomic E-state index is 0.0736. The SMILES string of the molecule is COc1ccc(CC(C)C(C)Cc2ccc(OCOC(C(=O)O)C(O)C(O)C(C)O)c(O)c2)cc1OC. The second-order valence-corrected chi connectivity index (χ2v) is 9.26. The summed E-state index contributed by atoms with van der Waals surface area (Å²) >= 11 is 0. The van der Waals surface area contributed by atoms with Gasteiger partial charge in [0.1, 0.15) is 12.2 Å². The second kappa shape index (κ2) is 14.0. The highest BCUT2D eigenvalue weighted by Gasteiger charge is 2.35. The molecule has 0 heterocycles.